The van der Waals surface area contributed by atoms with E-state index < -0.39 is 101 Å². The fourth-order valence-corrected chi connectivity index (χ4v) is 5.12. The molecule has 46 heavy (non-hydrogen) atoms. The molecule has 2 atom stereocenters. The first-order chi connectivity index (χ1) is 21.0. The summed E-state index contributed by atoms with van der Waals surface area (Å²) in [6, 6.07) is 4.37. The number of aliphatic hydroxyl groups excluding tert-OH is 1. The average molecular weight is 675 g/mol. The summed E-state index contributed by atoms with van der Waals surface area (Å²) in [5, 5.41) is 22.5. The van der Waals surface area contributed by atoms with Gasteiger partial charge in [-0.2, -0.15) is 52.7 Å². The number of likely N-dealkylation sites (tertiary alicyclic amines) is 1. The van der Waals surface area contributed by atoms with Crippen LogP contribution in [0, 0.1) is 0 Å². The van der Waals surface area contributed by atoms with Crippen LogP contribution in [-0.4, -0.2) is 39.9 Å². The second kappa shape index (κ2) is 12.0. The van der Waals surface area contributed by atoms with Crippen molar-refractivity contribution in [2.45, 2.75) is 55.5 Å². The summed E-state index contributed by atoms with van der Waals surface area (Å²) < 4.78 is 171. The van der Waals surface area contributed by atoms with E-state index in [1.54, 1.807) is 18.2 Å². The summed E-state index contributed by atoms with van der Waals surface area (Å²) in [6.45, 7) is -1.29. The van der Waals surface area contributed by atoms with Crippen LogP contribution in [0.1, 0.15) is 45.4 Å². The third kappa shape index (κ3) is 7.35. The molecule has 4 rings (SSSR count). The van der Waals surface area contributed by atoms with Crippen LogP contribution in [-0.2, 0) is 41.6 Å². The zero-order chi connectivity index (χ0) is 34.5. The maximum absolute atomic E-state index is 13.8. The summed E-state index contributed by atoms with van der Waals surface area (Å²) in [5.74, 6) is 0. The Morgan fingerprint density at radius 3 is 1.41 bits per heavy atom. The molecule has 0 aromatic heterocycles. The predicted molar refractivity (Wildman–Crippen MR) is 134 cm³/mol. The summed E-state index contributed by atoms with van der Waals surface area (Å²) in [4.78, 5) is 13.6. The summed E-state index contributed by atoms with van der Waals surface area (Å²) in [6.07, 6.45) is -26.2. The Labute approximate surface area is 251 Å². The highest BCUT2D eigenvalue weighted by Gasteiger charge is 2.53. The van der Waals surface area contributed by atoms with E-state index in [1.807, 2.05) is 0 Å². The molecule has 0 aliphatic carbocycles. The molecule has 1 fully saturated rings. The summed E-state index contributed by atoms with van der Waals surface area (Å²) in [5.41, 5.74) is -14.4. The molecule has 1 saturated heterocycles. The maximum atomic E-state index is 13.8. The number of benzene rings is 3. The number of hydrogen-bond acceptors (Lipinski definition) is 4. The zero-order valence-corrected chi connectivity index (χ0v) is 22.8. The van der Waals surface area contributed by atoms with E-state index in [-0.39, 0.29) is 36.4 Å². The molecule has 5 nitrogen and oxygen atoms in total. The molecule has 17 heteroatoms. The van der Waals surface area contributed by atoms with E-state index in [0.29, 0.717) is 10.5 Å². The molecular weight excluding hydrogens is 654 g/mol. The summed E-state index contributed by atoms with van der Waals surface area (Å²) in [7, 11) is 0. The number of alkyl halides is 12. The van der Waals surface area contributed by atoms with Gasteiger partial charge in [-0.3, -0.25) is 4.90 Å². The first-order valence-corrected chi connectivity index (χ1v) is 13.0. The molecule has 3 aromatic rings. The number of carbonyl (C=O) groups excluding carboxylic acids is 1. The third-order valence-electron chi connectivity index (χ3n) is 7.26. The molecule has 1 aliphatic rings. The van der Waals surface area contributed by atoms with E-state index in [4.69, 9.17) is 4.74 Å². The minimum atomic E-state index is -5.55. The van der Waals surface area contributed by atoms with Gasteiger partial charge in [0, 0.05) is 0 Å². The van der Waals surface area contributed by atoms with Crippen molar-refractivity contribution in [3.63, 3.8) is 0 Å². The van der Waals surface area contributed by atoms with Crippen molar-refractivity contribution in [3.8, 4) is 0 Å². The summed E-state index contributed by atoms with van der Waals surface area (Å²) >= 11 is 0. The number of amides is 1. The molecule has 0 bridgehead atoms. The topological polar surface area (TPSA) is 70.0 Å². The molecule has 0 radical (unpaired) electrons. The van der Waals surface area contributed by atoms with Crippen LogP contribution in [0.2, 0.25) is 0 Å². The van der Waals surface area contributed by atoms with E-state index in [1.165, 1.54) is 12.1 Å². The van der Waals surface area contributed by atoms with Gasteiger partial charge in [0.25, 0.3) is 0 Å². The van der Waals surface area contributed by atoms with Gasteiger partial charge in [-0.1, -0.05) is 30.3 Å². The number of hydrogen-bond donors (Lipinski definition) is 2. The fraction of sp³-hybridized carbons (Fsp3) is 0.345. The molecule has 1 aliphatic heterocycles. The Morgan fingerprint density at radius 2 is 1.04 bits per heavy atom. The molecule has 2 N–H and O–H groups in total. The second-order valence-corrected chi connectivity index (χ2v) is 10.5. The predicted octanol–water partition coefficient (Wildman–Crippen LogP) is 7.77. The van der Waals surface area contributed by atoms with Crippen molar-refractivity contribution in [1.82, 2.24) is 4.90 Å². The highest BCUT2D eigenvalue weighted by molar-refractivity contribution is 5.69. The Morgan fingerprint density at radius 1 is 0.674 bits per heavy atom. The fourth-order valence-electron chi connectivity index (χ4n) is 5.12. The number of carbonyl (C=O) groups is 1. The molecule has 0 saturated carbocycles. The first-order valence-electron chi connectivity index (χ1n) is 13.0. The van der Waals surface area contributed by atoms with Gasteiger partial charge in [0.2, 0.25) is 0 Å². The quantitative estimate of drug-likeness (QED) is 0.271. The van der Waals surface area contributed by atoms with Crippen molar-refractivity contribution in [2.75, 3.05) is 6.54 Å². The van der Waals surface area contributed by atoms with Crippen LogP contribution in [0.4, 0.5) is 57.5 Å². The SMILES string of the molecule is O=C(OCc1ccccc1)N1C[C@@H](O)C[C@H]1C(O)(c1cc(C(F)(F)F)cc(C(F)(F)F)c1)c1cc(C(F)(F)F)cc(C(F)(F)F)c1. The van der Waals surface area contributed by atoms with Crippen molar-refractivity contribution >= 4 is 6.09 Å². The lowest BCUT2D eigenvalue weighted by Crippen LogP contribution is -2.51. The number of ether oxygens (including phenoxy) is 1. The number of aliphatic hydroxyl groups is 2. The van der Waals surface area contributed by atoms with Gasteiger partial charge in [-0.15, -0.1) is 0 Å². The number of β-amino-alcohol motifs (C(OH)–C–C–N with tert-alkyl or cyclic N) is 1. The number of rotatable bonds is 5. The average Bonchev–Trinajstić information content (AvgIpc) is 3.35. The minimum absolute atomic E-state index is 0.0824. The molecule has 1 amide bonds. The van der Waals surface area contributed by atoms with Gasteiger partial charge in [0.15, 0.2) is 0 Å². The van der Waals surface area contributed by atoms with Gasteiger partial charge in [-0.05, 0) is 59.5 Å². The van der Waals surface area contributed by atoms with Crippen LogP contribution < -0.4 is 0 Å². The molecule has 1 heterocycles. The van der Waals surface area contributed by atoms with E-state index in [9.17, 15) is 67.7 Å². The van der Waals surface area contributed by atoms with E-state index in [0.717, 1.165) is 0 Å². The number of halogens is 12. The van der Waals surface area contributed by atoms with Crippen LogP contribution >= 0.6 is 0 Å². The van der Waals surface area contributed by atoms with Crippen LogP contribution in [0.15, 0.2) is 66.7 Å². The normalized spacial score (nSPS) is 18.2. The van der Waals surface area contributed by atoms with Gasteiger partial charge >= 0.3 is 30.8 Å². The smallest absolute Gasteiger partial charge is 0.416 e. The van der Waals surface area contributed by atoms with Gasteiger partial charge in [-0.25, -0.2) is 4.79 Å². The van der Waals surface area contributed by atoms with Crippen LogP contribution in [0.5, 0.6) is 0 Å². The molecular formula is C29H21F12NO4. The Kier molecular flexibility index (Phi) is 9.09. The third-order valence-corrected chi connectivity index (χ3v) is 7.26. The monoisotopic (exact) mass is 675 g/mol. The highest BCUT2D eigenvalue weighted by Crippen LogP contribution is 2.47. The largest absolute Gasteiger partial charge is 0.445 e. The van der Waals surface area contributed by atoms with Gasteiger partial charge in [0.05, 0.1) is 40.9 Å². The van der Waals surface area contributed by atoms with Crippen LogP contribution in [0.3, 0.4) is 0 Å². The van der Waals surface area contributed by atoms with Gasteiger partial charge in [0.1, 0.15) is 12.2 Å². The standard InChI is InChI=1S/C29H21F12NO4/c30-26(31,32)18-6-16(7-19(10-18)27(33,34)35)25(45,17-8-20(28(36,37)38)11-21(9-17)29(39,40)41)23-12-22(43)13-42(23)24(44)46-14-15-4-2-1-3-5-15/h1-11,22-23,43,45H,12-14H2/t22-,23-/m0/s1. The lowest BCUT2D eigenvalue weighted by Gasteiger charge is -2.40. The molecule has 0 unspecified atom stereocenters. The Bertz CT molecular complexity index is 1430. The maximum Gasteiger partial charge on any atom is 0.416 e. The van der Waals surface area contributed by atoms with Crippen molar-refractivity contribution in [1.29, 1.82) is 0 Å². The number of nitrogens with zero attached hydrogens (tertiary/aromatic N) is 1. The van der Waals surface area contributed by atoms with Gasteiger partial charge < -0.3 is 14.9 Å². The van der Waals surface area contributed by atoms with Crippen molar-refractivity contribution < 1.29 is 72.4 Å². The van der Waals surface area contributed by atoms with E-state index >= 15 is 0 Å². The van der Waals surface area contributed by atoms with E-state index in [2.05, 4.69) is 0 Å². The van der Waals surface area contributed by atoms with Crippen LogP contribution in [0.25, 0.3) is 0 Å². The second-order valence-electron chi connectivity index (χ2n) is 10.5. The highest BCUT2D eigenvalue weighted by atomic mass is 19.4. The molecule has 250 valence electrons. The molecule has 3 aromatic carbocycles. The van der Waals surface area contributed by atoms with Crippen molar-refractivity contribution in [2.24, 2.45) is 0 Å². The first kappa shape index (κ1) is 34.9. The molecule has 0 spiro atoms. The Balaban J connectivity index is 2.01. The Hall–Kier alpha value is -3.99. The lowest BCUT2D eigenvalue weighted by atomic mass is 9.76. The minimum Gasteiger partial charge on any atom is -0.445 e. The van der Waals surface area contributed by atoms with Crippen molar-refractivity contribution in [3.05, 3.63) is 106 Å². The zero-order valence-electron chi connectivity index (χ0n) is 22.8. The lowest BCUT2D eigenvalue weighted by molar-refractivity contribution is -0.144.